The summed E-state index contributed by atoms with van der Waals surface area (Å²) in [6.45, 7) is 6.34. The quantitative estimate of drug-likeness (QED) is 0.169. The number of phenolic OH excluding ortho intramolecular Hbond substituents is 2. The lowest BCUT2D eigenvalue weighted by atomic mass is 9.70. The predicted octanol–water partition coefficient (Wildman–Crippen LogP) is 2.33. The number of aromatic hydroxyl groups is 2. The molecule has 1 unspecified atom stereocenters. The fourth-order valence-electron chi connectivity index (χ4n) is 5.77. The number of carbonyl (C=O) groups excluding carboxylic acids is 5. The molecule has 3 aliphatic rings. The molecule has 2 aromatic rings. The molecule has 218 valence electrons. The number of Topliss-reactive ketones (excluding diaryl/α,β-unsaturated/α-hetero) is 2. The van der Waals surface area contributed by atoms with E-state index in [2.05, 4.69) is 10.6 Å². The van der Waals surface area contributed by atoms with Gasteiger partial charge in [-0.2, -0.15) is 0 Å². The van der Waals surface area contributed by atoms with Crippen molar-refractivity contribution in [1.29, 1.82) is 0 Å². The standard InChI is InChI=1S/C31H31N3O8/c1-15-26(38)24(17(3)35)28-25(27(15)39)31(4)21(42-28)13-20(36)23(29(31)40)16(2)32-10-11-33-30(41)18-12-22(37)34(14-18)19-8-6-5-7-9-19/h5-9,13,18,32,38-39H,10-12,14H2,1-4H3,(H,33,41)/b23-16+/t18?,31-/m0/s1. The molecule has 4 N–H and O–H groups in total. The molecule has 2 atom stereocenters. The molecule has 0 spiro atoms. The third-order valence-corrected chi connectivity index (χ3v) is 8.14. The molecule has 2 aromatic carbocycles. The zero-order chi connectivity index (χ0) is 30.5. The van der Waals surface area contributed by atoms with Crippen LogP contribution in [0.25, 0.3) is 0 Å². The van der Waals surface area contributed by atoms with Crippen molar-refractivity contribution in [3.8, 4) is 17.2 Å². The highest BCUT2D eigenvalue weighted by atomic mass is 16.5. The van der Waals surface area contributed by atoms with Crippen LogP contribution < -0.4 is 20.3 Å². The summed E-state index contributed by atoms with van der Waals surface area (Å²) in [5.74, 6) is -3.73. The van der Waals surface area contributed by atoms with E-state index >= 15 is 0 Å². The molecule has 1 saturated heterocycles. The summed E-state index contributed by atoms with van der Waals surface area (Å²) in [6.07, 6.45) is 1.25. The van der Waals surface area contributed by atoms with Crippen molar-refractivity contribution in [3.05, 3.63) is 70.1 Å². The van der Waals surface area contributed by atoms with Crippen molar-refractivity contribution in [2.75, 3.05) is 24.5 Å². The van der Waals surface area contributed by atoms with Crippen molar-refractivity contribution in [2.45, 2.75) is 39.5 Å². The van der Waals surface area contributed by atoms with Gasteiger partial charge < -0.3 is 30.5 Å². The normalized spacial score (nSPS) is 22.3. The van der Waals surface area contributed by atoms with E-state index in [0.29, 0.717) is 0 Å². The van der Waals surface area contributed by atoms with Crippen LogP contribution in [0.3, 0.4) is 0 Å². The van der Waals surface area contributed by atoms with Gasteiger partial charge in [-0.1, -0.05) is 18.2 Å². The number of nitrogens with one attached hydrogen (secondary N) is 2. The Hall–Kier alpha value is -4.93. The number of ether oxygens (including phenoxy) is 1. The van der Waals surface area contributed by atoms with Gasteiger partial charge in [0.05, 0.1) is 17.1 Å². The summed E-state index contributed by atoms with van der Waals surface area (Å²) in [6, 6.07) is 9.14. The number of rotatable bonds is 7. The van der Waals surface area contributed by atoms with Crippen molar-refractivity contribution < 1.29 is 38.9 Å². The van der Waals surface area contributed by atoms with Crippen LogP contribution in [0.4, 0.5) is 5.69 Å². The van der Waals surface area contributed by atoms with E-state index in [-0.39, 0.29) is 77.3 Å². The lowest BCUT2D eigenvalue weighted by Crippen LogP contribution is -2.42. The Balaban J connectivity index is 1.29. The highest BCUT2D eigenvalue weighted by Crippen LogP contribution is 2.57. The molecule has 0 aromatic heterocycles. The molecule has 42 heavy (non-hydrogen) atoms. The summed E-state index contributed by atoms with van der Waals surface area (Å²) in [7, 11) is 0. The maximum Gasteiger partial charge on any atom is 0.227 e. The molecule has 1 fully saturated rings. The average Bonchev–Trinajstić information content (AvgIpc) is 3.48. The number of benzene rings is 2. The molecule has 5 rings (SSSR count). The smallest absolute Gasteiger partial charge is 0.227 e. The predicted molar refractivity (Wildman–Crippen MR) is 151 cm³/mol. The van der Waals surface area contributed by atoms with Gasteiger partial charge >= 0.3 is 0 Å². The molecule has 11 heteroatoms. The van der Waals surface area contributed by atoms with Crippen molar-refractivity contribution in [2.24, 2.45) is 5.92 Å². The molecule has 0 radical (unpaired) electrons. The first kappa shape index (κ1) is 28.6. The van der Waals surface area contributed by atoms with Crippen LogP contribution in [0.15, 0.2) is 53.4 Å². The third-order valence-electron chi connectivity index (χ3n) is 8.14. The van der Waals surface area contributed by atoms with Crippen LogP contribution in [-0.4, -0.2) is 59.0 Å². The minimum Gasteiger partial charge on any atom is -0.507 e. The van der Waals surface area contributed by atoms with Gasteiger partial charge in [-0.05, 0) is 39.8 Å². The number of allylic oxidation sites excluding steroid dienone is 4. The van der Waals surface area contributed by atoms with Gasteiger partial charge in [-0.15, -0.1) is 0 Å². The van der Waals surface area contributed by atoms with Gasteiger partial charge in [0.15, 0.2) is 17.3 Å². The van der Waals surface area contributed by atoms with Crippen molar-refractivity contribution in [1.82, 2.24) is 10.6 Å². The number of anilines is 1. The second-order valence-corrected chi connectivity index (χ2v) is 10.8. The molecular formula is C31H31N3O8. The van der Waals surface area contributed by atoms with E-state index in [1.54, 1.807) is 11.8 Å². The summed E-state index contributed by atoms with van der Waals surface area (Å²) >= 11 is 0. The molecule has 2 amide bonds. The highest BCUT2D eigenvalue weighted by Gasteiger charge is 2.56. The Labute approximate surface area is 241 Å². The SMILES string of the molecule is CC(=O)c1c(O)c(C)c(O)c2c1OC1=CC(=O)/C(=C(/C)NCCNC(=O)C3CC(=O)N(c4ccccc4)C3)C(=O)[C@@]12C. The summed E-state index contributed by atoms with van der Waals surface area (Å²) in [4.78, 5) is 66.0. The number of amides is 2. The fraction of sp³-hybridized carbons (Fsp3) is 0.323. The fourth-order valence-corrected chi connectivity index (χ4v) is 5.77. The topological polar surface area (TPSA) is 162 Å². The second kappa shape index (κ2) is 10.5. The number of para-hydroxylation sites is 1. The van der Waals surface area contributed by atoms with E-state index in [9.17, 15) is 34.2 Å². The largest absolute Gasteiger partial charge is 0.507 e. The monoisotopic (exact) mass is 573 g/mol. The molecule has 1 aliphatic carbocycles. The molecule has 0 saturated carbocycles. The van der Waals surface area contributed by atoms with Gasteiger partial charge in [0, 0.05) is 49.1 Å². The Morgan fingerprint density at radius 3 is 2.38 bits per heavy atom. The number of phenols is 2. The van der Waals surface area contributed by atoms with Crippen LogP contribution in [0.5, 0.6) is 17.2 Å². The lowest BCUT2D eigenvalue weighted by Gasteiger charge is -2.29. The molecule has 0 bridgehead atoms. The van der Waals surface area contributed by atoms with Gasteiger partial charge in [0.25, 0.3) is 0 Å². The first-order valence-corrected chi connectivity index (χ1v) is 13.5. The number of nitrogens with zero attached hydrogens (tertiary/aromatic N) is 1. The van der Waals surface area contributed by atoms with Gasteiger partial charge in [-0.3, -0.25) is 24.0 Å². The van der Waals surface area contributed by atoms with E-state index in [1.165, 1.54) is 20.8 Å². The van der Waals surface area contributed by atoms with Gasteiger partial charge in [-0.25, -0.2) is 0 Å². The minimum absolute atomic E-state index is 0.0139. The van der Waals surface area contributed by atoms with Crippen LogP contribution in [0.1, 0.15) is 48.7 Å². The third kappa shape index (κ3) is 4.41. The van der Waals surface area contributed by atoms with Crippen molar-refractivity contribution >= 4 is 34.9 Å². The first-order valence-electron chi connectivity index (χ1n) is 13.5. The number of carbonyl (C=O) groups is 5. The summed E-state index contributed by atoms with van der Waals surface area (Å²) in [5.41, 5.74) is -0.911. The van der Waals surface area contributed by atoms with E-state index in [4.69, 9.17) is 4.74 Å². The molecular weight excluding hydrogens is 542 g/mol. The first-order chi connectivity index (χ1) is 19.9. The molecule has 2 aliphatic heterocycles. The maximum absolute atomic E-state index is 13.9. The zero-order valence-electron chi connectivity index (χ0n) is 23.7. The Bertz CT molecular complexity index is 1620. The number of ketones is 3. The Morgan fingerprint density at radius 2 is 1.71 bits per heavy atom. The maximum atomic E-state index is 13.9. The van der Waals surface area contributed by atoms with Gasteiger partial charge in [0.1, 0.15) is 34.0 Å². The second-order valence-electron chi connectivity index (χ2n) is 10.8. The van der Waals surface area contributed by atoms with E-state index in [1.807, 2.05) is 30.3 Å². The highest BCUT2D eigenvalue weighted by molar-refractivity contribution is 6.31. The molecule has 2 heterocycles. The van der Waals surface area contributed by atoms with Crippen LogP contribution in [-0.2, 0) is 24.6 Å². The van der Waals surface area contributed by atoms with Gasteiger partial charge in [0.2, 0.25) is 11.8 Å². The summed E-state index contributed by atoms with van der Waals surface area (Å²) in [5, 5.41) is 27.2. The van der Waals surface area contributed by atoms with E-state index in [0.717, 1.165) is 11.8 Å². The van der Waals surface area contributed by atoms with E-state index < -0.39 is 40.2 Å². The van der Waals surface area contributed by atoms with Crippen LogP contribution >= 0.6 is 0 Å². The Kier molecular flexibility index (Phi) is 7.13. The minimum atomic E-state index is -1.61. The van der Waals surface area contributed by atoms with Crippen LogP contribution in [0, 0.1) is 12.8 Å². The number of fused-ring (bicyclic) bond motifs is 3. The zero-order valence-corrected chi connectivity index (χ0v) is 23.7. The summed E-state index contributed by atoms with van der Waals surface area (Å²) < 4.78 is 5.77. The Morgan fingerprint density at radius 1 is 1.05 bits per heavy atom. The number of hydrogen-bond donors (Lipinski definition) is 4. The lowest BCUT2D eigenvalue weighted by molar-refractivity contribution is -0.126. The number of hydrogen-bond acceptors (Lipinski definition) is 9. The van der Waals surface area contributed by atoms with Crippen LogP contribution in [0.2, 0.25) is 0 Å². The van der Waals surface area contributed by atoms with Crippen molar-refractivity contribution in [3.63, 3.8) is 0 Å². The molecule has 11 nitrogen and oxygen atoms in total. The average molecular weight is 574 g/mol.